The smallest absolute Gasteiger partial charge is 0.149 e. The van der Waals surface area contributed by atoms with Gasteiger partial charge >= 0.3 is 0 Å². The Morgan fingerprint density at radius 2 is 1.29 bits per heavy atom. The van der Waals surface area contributed by atoms with Crippen molar-refractivity contribution in [2.24, 2.45) is 0 Å². The molecule has 0 amide bonds. The highest BCUT2D eigenvalue weighted by Gasteiger charge is 2.33. The highest BCUT2D eigenvalue weighted by atomic mass is 16.3. The van der Waals surface area contributed by atoms with Crippen LogP contribution in [0.2, 0.25) is 0 Å². The fourth-order valence-electron chi connectivity index (χ4n) is 9.92. The molecule has 11 rings (SSSR count). The number of nitrogens with zero attached hydrogens (tertiary/aromatic N) is 3. The Labute approximate surface area is 423 Å². The molecule has 0 fully saturated rings. The van der Waals surface area contributed by atoms with Crippen molar-refractivity contribution in [2.75, 3.05) is 0 Å². The van der Waals surface area contributed by atoms with Crippen molar-refractivity contribution in [3.05, 3.63) is 191 Å². The molecule has 0 saturated carbocycles. The molecular formula is C65H65N3O. The second kappa shape index (κ2) is 16.3. The highest BCUT2D eigenvalue weighted by molar-refractivity contribution is 5.97. The highest BCUT2D eigenvalue weighted by Crippen LogP contribution is 2.48. The Hall–Kier alpha value is -7.04. The van der Waals surface area contributed by atoms with E-state index in [2.05, 4.69) is 131 Å². The van der Waals surface area contributed by atoms with Gasteiger partial charge in [-0.2, -0.15) is 0 Å². The molecule has 4 nitrogen and oxygen atoms in total. The summed E-state index contributed by atoms with van der Waals surface area (Å²) in [4.78, 5) is 10.3. The normalized spacial score (nSPS) is 15.9. The lowest BCUT2D eigenvalue weighted by atomic mass is 9.73. The first-order chi connectivity index (χ1) is 36.7. The minimum atomic E-state index is -2.85. The molecule has 7 aromatic carbocycles. The molecule has 0 radical (unpaired) electrons. The average Bonchev–Trinajstić information content (AvgIpc) is 4.02. The van der Waals surface area contributed by atoms with Crippen LogP contribution in [0.15, 0.2) is 152 Å². The number of hydrogen-bond donors (Lipinski definition) is 1. The minimum absolute atomic E-state index is 0.0373. The zero-order valence-corrected chi connectivity index (χ0v) is 41.4. The lowest BCUT2D eigenvalue weighted by molar-refractivity contribution is 0.446. The van der Waals surface area contributed by atoms with E-state index in [-0.39, 0.29) is 22.3 Å². The third kappa shape index (κ3) is 8.08. The zero-order valence-electron chi connectivity index (χ0n) is 51.4. The van der Waals surface area contributed by atoms with Crippen LogP contribution in [0.25, 0.3) is 83.9 Å². The van der Waals surface area contributed by atoms with Crippen molar-refractivity contribution in [1.82, 2.24) is 14.5 Å². The second-order valence-corrected chi connectivity index (χ2v) is 22.3. The number of pyridine rings is 1. The number of aromatic hydroxyl groups is 1. The van der Waals surface area contributed by atoms with Gasteiger partial charge in [-0.25, -0.2) is 4.98 Å². The van der Waals surface area contributed by atoms with Crippen LogP contribution in [0.1, 0.15) is 129 Å². The summed E-state index contributed by atoms with van der Waals surface area (Å²) in [7, 11) is 0. The molecule has 0 saturated heterocycles. The average molecular weight is 914 g/mol. The van der Waals surface area contributed by atoms with Gasteiger partial charge in [0.2, 0.25) is 0 Å². The second-order valence-electron chi connectivity index (χ2n) is 22.3. The lowest BCUT2D eigenvalue weighted by Crippen LogP contribution is -2.21. The molecular weight excluding hydrogens is 839 g/mol. The number of hydrogen-bond acceptors (Lipinski definition) is 3. The number of aryl methyl sites for hydroxylation is 1. The third-order valence-corrected chi connectivity index (χ3v) is 13.9. The van der Waals surface area contributed by atoms with Crippen LogP contribution in [0.5, 0.6) is 5.75 Å². The minimum Gasteiger partial charge on any atom is -0.507 e. The van der Waals surface area contributed by atoms with E-state index >= 15 is 0 Å². The van der Waals surface area contributed by atoms with E-state index in [4.69, 9.17) is 19.6 Å². The quantitative estimate of drug-likeness (QED) is 0.192. The number of aromatic nitrogens is 3. The van der Waals surface area contributed by atoms with Crippen LogP contribution in [-0.2, 0) is 21.7 Å². The van der Waals surface area contributed by atoms with E-state index in [0.29, 0.717) is 50.5 Å². The number of benzene rings is 7. The number of phenolic OH excluding ortho intramolecular Hbond substituents is 1. The van der Waals surface area contributed by atoms with Gasteiger partial charge in [0.15, 0.2) is 0 Å². The lowest BCUT2D eigenvalue weighted by Gasteiger charge is -2.31. The maximum absolute atomic E-state index is 12.8. The first-order valence-electron chi connectivity index (χ1n) is 28.7. The molecule has 1 N–H and O–H groups in total. The monoisotopic (exact) mass is 914 g/mol. The molecule has 9 aromatic rings. The predicted molar refractivity (Wildman–Crippen MR) is 291 cm³/mol. The molecule has 2 aliphatic heterocycles. The van der Waals surface area contributed by atoms with Crippen molar-refractivity contribution in [3.8, 4) is 78.6 Å². The Balaban J connectivity index is 1.30. The number of phenols is 1. The Morgan fingerprint density at radius 3 is 2.01 bits per heavy atom. The van der Waals surface area contributed by atoms with E-state index in [0.717, 1.165) is 55.6 Å². The number of rotatable bonds is 3. The summed E-state index contributed by atoms with van der Waals surface area (Å²) >= 11 is 0. The first kappa shape index (κ1) is 35.1. The van der Waals surface area contributed by atoms with E-state index in [1.54, 1.807) is 12.1 Å². The summed E-state index contributed by atoms with van der Waals surface area (Å²) in [6, 6.07) is 37.8. The summed E-state index contributed by atoms with van der Waals surface area (Å²) in [6.45, 7) is 18.0. The Morgan fingerprint density at radius 1 is 0.565 bits per heavy atom. The number of para-hydroxylation sites is 1. The molecule has 4 heteroatoms. The standard InChI is InChI=1S/C65H65N3O/c1-39-23-25-41(26-24-39)42-29-30-66-55(36-42)46-32-45(34-48(35-46)62(3,4)5)51-20-16-22-57-59(51)67-61-52-37-49(38-54(60(52)69)64(9,10)11)65(12,13)47-18-14-17-43(33-47)50-19-15-21-53(63(6,7)8)58(50)44-27-28-56(68(57)61)40(2)31-44/h14-38,69H,1-13H3/i1D3,2D3,23D,24D,25D,26D. The molecule has 0 unspecified atom stereocenters. The zero-order chi connectivity index (χ0) is 57.4. The van der Waals surface area contributed by atoms with Crippen LogP contribution in [0, 0.1) is 13.7 Å². The number of fused-ring (bicyclic) bond motifs is 3. The maximum atomic E-state index is 12.8. The van der Waals surface area contributed by atoms with Gasteiger partial charge < -0.3 is 5.11 Å². The summed E-state index contributed by atoms with van der Waals surface area (Å²) < 4.78 is 88.7. The molecule has 2 aliphatic rings. The molecule has 0 spiro atoms. The maximum Gasteiger partial charge on any atom is 0.149 e. The van der Waals surface area contributed by atoms with E-state index < -0.39 is 59.7 Å². The largest absolute Gasteiger partial charge is 0.507 e. The van der Waals surface area contributed by atoms with E-state index in [9.17, 15) is 9.22 Å². The topological polar surface area (TPSA) is 50.9 Å². The van der Waals surface area contributed by atoms with Crippen molar-refractivity contribution in [2.45, 2.75) is 112 Å². The van der Waals surface area contributed by atoms with Gasteiger partial charge in [-0.1, -0.05) is 179 Å². The van der Waals surface area contributed by atoms with Crippen molar-refractivity contribution in [3.63, 3.8) is 0 Å². The summed E-state index contributed by atoms with van der Waals surface area (Å²) in [5, 5.41) is 12.8. The fraction of sp³-hybridized carbons (Fsp3) is 0.262. The SMILES string of the molecule is [2H]c1c([2H])c(C([2H])([2H])[2H])c([2H])c([2H])c1-c1ccnc(-c2cc(-c3cccc4c3nc3n4-c4ccc(cc4C([2H])([2H])[2H])-c4c(cccc4C(C)(C)C)-c4cccc(c4)C(C)(C)c4cc-3c(O)c(C(C)(C)C)c4)cc(C(C)(C)C)c2)c1. The van der Waals surface area contributed by atoms with Crippen molar-refractivity contribution < 1.29 is 18.8 Å². The predicted octanol–water partition coefficient (Wildman–Crippen LogP) is 17.3. The summed E-state index contributed by atoms with van der Waals surface area (Å²) in [6.07, 6.45) is 1.54. The third-order valence-electron chi connectivity index (χ3n) is 13.9. The molecule has 0 aliphatic carbocycles. The molecule has 4 heterocycles. The molecule has 2 aromatic heterocycles. The Bertz CT molecular complexity index is 3940. The van der Waals surface area contributed by atoms with E-state index in [1.165, 1.54) is 6.20 Å². The van der Waals surface area contributed by atoms with Gasteiger partial charge in [0.05, 0.1) is 33.5 Å². The van der Waals surface area contributed by atoms with Crippen molar-refractivity contribution in [1.29, 1.82) is 0 Å². The van der Waals surface area contributed by atoms with Gasteiger partial charge in [-0.05, 0) is 145 Å². The van der Waals surface area contributed by atoms with Crippen LogP contribution < -0.4 is 0 Å². The van der Waals surface area contributed by atoms with Crippen LogP contribution >= 0.6 is 0 Å². The van der Waals surface area contributed by atoms with Gasteiger partial charge in [0, 0.05) is 36.5 Å². The van der Waals surface area contributed by atoms with Gasteiger partial charge in [0.1, 0.15) is 11.6 Å². The molecule has 0 atom stereocenters. The van der Waals surface area contributed by atoms with Gasteiger partial charge in [-0.3, -0.25) is 9.55 Å². The molecule has 69 heavy (non-hydrogen) atoms. The van der Waals surface area contributed by atoms with Crippen LogP contribution in [0.3, 0.4) is 0 Å². The first-order valence-corrected chi connectivity index (χ1v) is 23.7. The van der Waals surface area contributed by atoms with E-state index in [1.807, 2.05) is 59.2 Å². The summed E-state index contributed by atoms with van der Waals surface area (Å²) in [5.41, 5.74) is 10.9. The fourth-order valence-corrected chi connectivity index (χ4v) is 9.92. The molecule has 346 valence electrons. The van der Waals surface area contributed by atoms with Crippen LogP contribution in [-0.4, -0.2) is 19.6 Å². The van der Waals surface area contributed by atoms with Crippen LogP contribution in [0.4, 0.5) is 0 Å². The van der Waals surface area contributed by atoms with Gasteiger partial charge in [-0.15, -0.1) is 0 Å². The Kier molecular flexibility index (Phi) is 8.30. The summed E-state index contributed by atoms with van der Waals surface area (Å²) in [5.74, 6) is 0.391. The van der Waals surface area contributed by atoms with Gasteiger partial charge in [0.25, 0.3) is 0 Å². The molecule has 6 bridgehead atoms. The van der Waals surface area contributed by atoms with Crippen molar-refractivity contribution >= 4 is 11.0 Å². The number of imidazole rings is 1.